The van der Waals surface area contributed by atoms with Crippen molar-refractivity contribution < 1.29 is 27.5 Å². The Morgan fingerprint density at radius 3 is 2.43 bits per heavy atom. The van der Waals surface area contributed by atoms with Crippen molar-refractivity contribution in [2.24, 2.45) is 0 Å². The summed E-state index contributed by atoms with van der Waals surface area (Å²) in [6, 6.07) is 9.14. The molecule has 1 atom stereocenters. The van der Waals surface area contributed by atoms with Crippen molar-refractivity contribution in [2.45, 2.75) is 19.2 Å². The van der Waals surface area contributed by atoms with Gasteiger partial charge in [0.25, 0.3) is 5.91 Å². The first kappa shape index (κ1) is 21.6. The summed E-state index contributed by atoms with van der Waals surface area (Å²) in [5.41, 5.74) is -0.179. The fourth-order valence-corrected chi connectivity index (χ4v) is 2.39. The number of hydrogen-bond donors (Lipinski definition) is 1. The number of alkyl halides is 3. The largest absolute Gasteiger partial charge is 0.449 e. The van der Waals surface area contributed by atoms with Gasteiger partial charge in [-0.3, -0.25) is 4.79 Å². The summed E-state index contributed by atoms with van der Waals surface area (Å²) in [5.74, 6) is -1.54. The number of carbonyl (C=O) groups is 2. The second-order valence-corrected chi connectivity index (χ2v) is 6.58. The number of nitrogens with one attached hydrogen (secondary N) is 1. The van der Waals surface area contributed by atoms with E-state index in [-0.39, 0.29) is 16.3 Å². The minimum absolute atomic E-state index is 0.0708. The zero-order valence-corrected chi connectivity index (χ0v) is 16.1. The Morgan fingerprint density at radius 2 is 1.82 bits per heavy atom. The van der Waals surface area contributed by atoms with E-state index in [1.54, 1.807) is 37.2 Å². The minimum atomic E-state index is -4.58. The molecule has 0 saturated heterocycles. The molecule has 0 unspecified atom stereocenters. The van der Waals surface area contributed by atoms with E-state index >= 15 is 0 Å². The summed E-state index contributed by atoms with van der Waals surface area (Å²) in [6.45, 7) is 1.31. The van der Waals surface area contributed by atoms with E-state index in [0.717, 1.165) is 23.9 Å². The molecule has 0 saturated carbocycles. The van der Waals surface area contributed by atoms with Crippen molar-refractivity contribution in [3.63, 3.8) is 0 Å². The van der Waals surface area contributed by atoms with Crippen molar-refractivity contribution >= 4 is 34.9 Å². The highest BCUT2D eigenvalue weighted by Crippen LogP contribution is 2.33. The van der Waals surface area contributed by atoms with Crippen LogP contribution in [0.1, 0.15) is 22.8 Å². The first-order valence-corrected chi connectivity index (χ1v) is 8.53. The second-order valence-electron chi connectivity index (χ2n) is 6.17. The van der Waals surface area contributed by atoms with Crippen LogP contribution in [-0.2, 0) is 15.7 Å². The molecule has 2 rings (SSSR count). The number of benzene rings is 2. The quantitative estimate of drug-likeness (QED) is 0.726. The van der Waals surface area contributed by atoms with E-state index < -0.39 is 29.7 Å². The van der Waals surface area contributed by atoms with Gasteiger partial charge in [-0.05, 0) is 43.3 Å². The van der Waals surface area contributed by atoms with Crippen LogP contribution in [0, 0.1) is 0 Å². The average Bonchev–Trinajstić information content (AvgIpc) is 2.62. The number of rotatable bonds is 5. The molecule has 0 fully saturated rings. The third kappa shape index (κ3) is 5.39. The summed E-state index contributed by atoms with van der Waals surface area (Å²) >= 11 is 5.85. The number of nitrogens with zero attached hydrogens (tertiary/aromatic N) is 1. The Kier molecular flexibility index (Phi) is 6.56. The lowest BCUT2D eigenvalue weighted by Gasteiger charge is -2.16. The standard InChI is InChI=1S/C19H18ClF3N2O3/c1-11(28-18(27)12-5-4-6-14(9-12)25(2)3)17(26)24-16-10-13(19(21,22)23)7-8-15(16)20/h4-11H,1-3H3,(H,24,26)/t11-/m0/s1. The van der Waals surface area contributed by atoms with Gasteiger partial charge >= 0.3 is 12.1 Å². The van der Waals surface area contributed by atoms with Gasteiger partial charge in [0, 0.05) is 19.8 Å². The maximum absolute atomic E-state index is 12.8. The first-order valence-electron chi connectivity index (χ1n) is 8.15. The van der Waals surface area contributed by atoms with Gasteiger partial charge in [0.2, 0.25) is 0 Å². The van der Waals surface area contributed by atoms with Crippen LogP contribution in [0.2, 0.25) is 5.02 Å². The molecule has 9 heteroatoms. The number of amides is 1. The molecular formula is C19H18ClF3N2O3. The number of hydrogen-bond acceptors (Lipinski definition) is 4. The highest BCUT2D eigenvalue weighted by atomic mass is 35.5. The molecule has 0 heterocycles. The van der Waals surface area contributed by atoms with E-state index in [9.17, 15) is 22.8 Å². The van der Waals surface area contributed by atoms with Gasteiger partial charge in [0.1, 0.15) is 0 Å². The first-order chi connectivity index (χ1) is 13.0. The smallest absolute Gasteiger partial charge is 0.416 e. The maximum atomic E-state index is 12.8. The molecule has 1 N–H and O–H groups in total. The Labute approximate surface area is 165 Å². The summed E-state index contributed by atoms with van der Waals surface area (Å²) < 4.78 is 43.6. The van der Waals surface area contributed by atoms with Crippen molar-refractivity contribution in [3.05, 3.63) is 58.6 Å². The minimum Gasteiger partial charge on any atom is -0.449 e. The van der Waals surface area contributed by atoms with Gasteiger partial charge in [-0.25, -0.2) is 4.79 Å². The lowest BCUT2D eigenvalue weighted by atomic mass is 10.2. The third-order valence-corrected chi connectivity index (χ3v) is 4.13. The van der Waals surface area contributed by atoms with Crippen molar-refractivity contribution in [3.8, 4) is 0 Å². The van der Waals surface area contributed by atoms with Gasteiger partial charge in [-0.15, -0.1) is 0 Å². The zero-order valence-electron chi connectivity index (χ0n) is 15.3. The predicted octanol–water partition coefficient (Wildman–Crippen LogP) is 4.61. The summed E-state index contributed by atoms with van der Waals surface area (Å²) in [6.07, 6.45) is -5.83. The van der Waals surface area contributed by atoms with E-state index in [1.165, 1.54) is 13.0 Å². The lowest BCUT2D eigenvalue weighted by molar-refractivity contribution is -0.137. The van der Waals surface area contributed by atoms with Crippen LogP contribution in [0.25, 0.3) is 0 Å². The normalized spacial score (nSPS) is 12.2. The zero-order chi connectivity index (χ0) is 21.1. The fraction of sp³-hybridized carbons (Fsp3) is 0.263. The second kappa shape index (κ2) is 8.52. The molecule has 0 aliphatic heterocycles. The van der Waals surface area contributed by atoms with Crippen LogP contribution in [0.3, 0.4) is 0 Å². The number of halogens is 4. The van der Waals surface area contributed by atoms with Crippen LogP contribution in [0.15, 0.2) is 42.5 Å². The third-order valence-electron chi connectivity index (χ3n) is 3.80. The number of anilines is 2. The monoisotopic (exact) mass is 414 g/mol. The van der Waals surface area contributed by atoms with Gasteiger partial charge < -0.3 is 15.0 Å². The van der Waals surface area contributed by atoms with Gasteiger partial charge in [0.05, 0.1) is 21.8 Å². The molecule has 2 aromatic rings. The average molecular weight is 415 g/mol. The van der Waals surface area contributed by atoms with Crippen LogP contribution in [0.4, 0.5) is 24.5 Å². The lowest BCUT2D eigenvalue weighted by Crippen LogP contribution is -2.30. The molecular weight excluding hydrogens is 397 g/mol. The predicted molar refractivity (Wildman–Crippen MR) is 101 cm³/mol. The SMILES string of the molecule is C[C@H](OC(=O)c1cccc(N(C)C)c1)C(=O)Nc1cc(C(F)(F)F)ccc1Cl. The Bertz CT molecular complexity index is 885. The molecule has 150 valence electrons. The maximum Gasteiger partial charge on any atom is 0.416 e. The molecule has 0 aromatic heterocycles. The number of ether oxygens (including phenoxy) is 1. The summed E-state index contributed by atoms with van der Waals surface area (Å²) in [4.78, 5) is 26.3. The Morgan fingerprint density at radius 1 is 1.14 bits per heavy atom. The van der Waals surface area contributed by atoms with E-state index in [2.05, 4.69) is 5.32 Å². The van der Waals surface area contributed by atoms with Gasteiger partial charge in [-0.1, -0.05) is 17.7 Å². The molecule has 0 radical (unpaired) electrons. The van der Waals surface area contributed by atoms with Crippen LogP contribution in [-0.4, -0.2) is 32.1 Å². The summed E-state index contributed by atoms with van der Waals surface area (Å²) in [7, 11) is 3.61. The Hall–Kier alpha value is -2.74. The topological polar surface area (TPSA) is 58.6 Å². The highest BCUT2D eigenvalue weighted by molar-refractivity contribution is 6.33. The van der Waals surface area contributed by atoms with E-state index in [1.807, 2.05) is 0 Å². The van der Waals surface area contributed by atoms with Crippen molar-refractivity contribution in [2.75, 3.05) is 24.3 Å². The molecule has 0 aliphatic carbocycles. The Balaban J connectivity index is 2.09. The highest BCUT2D eigenvalue weighted by Gasteiger charge is 2.31. The van der Waals surface area contributed by atoms with Gasteiger partial charge in [0.15, 0.2) is 6.10 Å². The van der Waals surface area contributed by atoms with E-state index in [0.29, 0.717) is 0 Å². The van der Waals surface area contributed by atoms with Crippen LogP contribution >= 0.6 is 11.6 Å². The fourth-order valence-electron chi connectivity index (χ4n) is 2.22. The molecule has 0 aliphatic rings. The van der Waals surface area contributed by atoms with Gasteiger partial charge in [-0.2, -0.15) is 13.2 Å². The summed E-state index contributed by atoms with van der Waals surface area (Å²) in [5, 5.41) is 2.18. The number of carbonyl (C=O) groups excluding carboxylic acids is 2. The van der Waals surface area contributed by atoms with Crippen molar-refractivity contribution in [1.82, 2.24) is 0 Å². The van der Waals surface area contributed by atoms with Crippen LogP contribution in [0.5, 0.6) is 0 Å². The molecule has 2 aromatic carbocycles. The molecule has 28 heavy (non-hydrogen) atoms. The molecule has 5 nitrogen and oxygen atoms in total. The molecule has 0 bridgehead atoms. The number of esters is 1. The van der Waals surface area contributed by atoms with Crippen LogP contribution < -0.4 is 10.2 Å². The van der Waals surface area contributed by atoms with E-state index in [4.69, 9.17) is 16.3 Å². The van der Waals surface area contributed by atoms with Crippen molar-refractivity contribution in [1.29, 1.82) is 0 Å². The molecule has 1 amide bonds. The molecule has 0 spiro atoms.